The van der Waals surface area contributed by atoms with Crippen molar-refractivity contribution in [3.8, 4) is 17.6 Å². The molecule has 1 aromatic rings. The predicted octanol–water partition coefficient (Wildman–Crippen LogP) is 1.24. The number of pyridine rings is 1. The maximum atomic E-state index is 11.3. The first-order valence-electron chi connectivity index (χ1n) is 5.46. The largest absolute Gasteiger partial charge is 0.488 e. The molecule has 6 heteroatoms. The second-order valence-electron chi connectivity index (χ2n) is 3.99. The minimum absolute atomic E-state index is 0.0740. The third kappa shape index (κ3) is 3.62. The van der Waals surface area contributed by atoms with E-state index in [-0.39, 0.29) is 23.5 Å². The summed E-state index contributed by atoms with van der Waals surface area (Å²) in [5, 5.41) is 0. The van der Waals surface area contributed by atoms with E-state index in [2.05, 4.69) is 16.8 Å². The highest BCUT2D eigenvalue weighted by molar-refractivity contribution is 7.91. The highest BCUT2D eigenvalue weighted by Gasteiger charge is 2.29. The number of alkyl halides is 1. The molecule has 0 spiro atoms. The van der Waals surface area contributed by atoms with Crippen molar-refractivity contribution in [1.29, 1.82) is 0 Å². The summed E-state index contributed by atoms with van der Waals surface area (Å²) >= 11 is 5.47. The molecule has 1 saturated heterocycles. The van der Waals surface area contributed by atoms with Gasteiger partial charge in [-0.1, -0.05) is 11.8 Å². The zero-order valence-corrected chi connectivity index (χ0v) is 11.2. The maximum absolute atomic E-state index is 11.3. The molecule has 2 heterocycles. The molecule has 1 aromatic heterocycles. The molecule has 1 atom stereocenters. The lowest BCUT2D eigenvalue weighted by Gasteiger charge is -2.11. The van der Waals surface area contributed by atoms with Crippen molar-refractivity contribution in [2.75, 3.05) is 17.4 Å². The first-order chi connectivity index (χ1) is 8.59. The molecule has 0 saturated carbocycles. The van der Waals surface area contributed by atoms with Crippen molar-refractivity contribution in [1.82, 2.24) is 4.98 Å². The van der Waals surface area contributed by atoms with Crippen LogP contribution in [-0.4, -0.2) is 36.9 Å². The van der Waals surface area contributed by atoms with Crippen LogP contribution in [0.5, 0.6) is 5.75 Å². The predicted molar refractivity (Wildman–Crippen MR) is 69.5 cm³/mol. The van der Waals surface area contributed by atoms with Gasteiger partial charge in [-0.3, -0.25) is 4.98 Å². The molecule has 0 N–H and O–H groups in total. The fourth-order valence-corrected chi connectivity index (χ4v) is 3.39. The lowest BCUT2D eigenvalue weighted by molar-refractivity contribution is 0.228. The second kappa shape index (κ2) is 5.59. The van der Waals surface area contributed by atoms with E-state index in [0.717, 1.165) is 0 Å². The van der Waals surface area contributed by atoms with Crippen molar-refractivity contribution < 1.29 is 13.2 Å². The summed E-state index contributed by atoms with van der Waals surface area (Å²) in [4.78, 5) is 4.00. The topological polar surface area (TPSA) is 56.3 Å². The molecule has 1 unspecified atom stereocenters. The molecule has 0 amide bonds. The monoisotopic (exact) mass is 285 g/mol. The molecule has 1 fully saturated rings. The standard InChI is InChI=1S/C12H12ClNO3S/c13-4-1-2-10-6-12(8-14-7-10)17-11-3-5-18(15,16)9-11/h6-8,11H,3-5,9H2. The van der Waals surface area contributed by atoms with E-state index >= 15 is 0 Å². The van der Waals surface area contributed by atoms with Gasteiger partial charge in [-0.25, -0.2) is 8.42 Å². The van der Waals surface area contributed by atoms with Gasteiger partial charge in [0.2, 0.25) is 0 Å². The smallest absolute Gasteiger partial charge is 0.154 e. The highest BCUT2D eigenvalue weighted by Crippen LogP contribution is 2.19. The average molecular weight is 286 g/mol. The third-order valence-electron chi connectivity index (χ3n) is 2.51. The van der Waals surface area contributed by atoms with Crippen molar-refractivity contribution in [3.05, 3.63) is 24.0 Å². The van der Waals surface area contributed by atoms with Crippen LogP contribution >= 0.6 is 11.6 Å². The van der Waals surface area contributed by atoms with Crippen LogP contribution in [0.3, 0.4) is 0 Å². The molecule has 0 aromatic carbocycles. The Morgan fingerprint density at radius 2 is 2.33 bits per heavy atom. The van der Waals surface area contributed by atoms with Crippen molar-refractivity contribution in [2.24, 2.45) is 0 Å². The normalized spacial score (nSPS) is 21.1. The van der Waals surface area contributed by atoms with Crippen LogP contribution in [0.15, 0.2) is 18.5 Å². The first-order valence-corrected chi connectivity index (χ1v) is 7.81. The molecule has 4 nitrogen and oxygen atoms in total. The number of halogens is 1. The Labute approximate surface area is 111 Å². The van der Waals surface area contributed by atoms with E-state index in [0.29, 0.717) is 17.7 Å². The van der Waals surface area contributed by atoms with E-state index in [9.17, 15) is 8.42 Å². The lowest BCUT2D eigenvalue weighted by Crippen LogP contribution is -2.17. The first kappa shape index (κ1) is 13.2. The van der Waals surface area contributed by atoms with Gasteiger partial charge in [0.1, 0.15) is 11.9 Å². The van der Waals surface area contributed by atoms with Crippen molar-refractivity contribution >= 4 is 21.4 Å². The number of sulfone groups is 1. The van der Waals surface area contributed by atoms with Crippen LogP contribution in [0.2, 0.25) is 0 Å². The van der Waals surface area contributed by atoms with Gasteiger partial charge in [-0.15, -0.1) is 11.6 Å². The number of aromatic nitrogens is 1. The minimum atomic E-state index is -2.93. The van der Waals surface area contributed by atoms with Gasteiger partial charge in [0, 0.05) is 11.8 Å². The SMILES string of the molecule is O=S1(=O)CCC(Oc2cncc(C#CCCl)c2)C1. The summed E-state index contributed by atoms with van der Waals surface area (Å²) in [6, 6.07) is 1.73. The summed E-state index contributed by atoms with van der Waals surface area (Å²) in [6.45, 7) is 0. The van der Waals surface area contributed by atoms with Gasteiger partial charge in [0.25, 0.3) is 0 Å². The van der Waals surface area contributed by atoms with Gasteiger partial charge in [0.05, 0.1) is 23.6 Å². The highest BCUT2D eigenvalue weighted by atomic mass is 35.5. The molecule has 96 valence electrons. The fourth-order valence-electron chi connectivity index (χ4n) is 1.73. The van der Waals surface area contributed by atoms with E-state index in [1.54, 1.807) is 18.5 Å². The summed E-state index contributed by atoms with van der Waals surface area (Å²) < 4.78 is 28.2. The van der Waals surface area contributed by atoms with Crippen molar-refractivity contribution in [2.45, 2.75) is 12.5 Å². The van der Waals surface area contributed by atoms with E-state index in [1.165, 1.54) is 0 Å². The Kier molecular flexibility index (Phi) is 4.10. The van der Waals surface area contributed by atoms with Crippen LogP contribution in [0.1, 0.15) is 12.0 Å². The Hall–Kier alpha value is -1.25. The van der Waals surface area contributed by atoms with Crippen LogP contribution in [-0.2, 0) is 9.84 Å². The quantitative estimate of drug-likeness (QED) is 0.606. The Morgan fingerprint density at radius 1 is 1.50 bits per heavy atom. The minimum Gasteiger partial charge on any atom is -0.488 e. The average Bonchev–Trinajstić information content (AvgIpc) is 2.66. The van der Waals surface area contributed by atoms with Crippen LogP contribution < -0.4 is 4.74 Å². The van der Waals surface area contributed by atoms with Crippen LogP contribution in [0.4, 0.5) is 0 Å². The molecule has 2 rings (SSSR count). The third-order valence-corrected chi connectivity index (χ3v) is 4.38. The number of rotatable bonds is 2. The summed E-state index contributed by atoms with van der Waals surface area (Å²) in [5.41, 5.74) is 0.703. The number of hydrogen-bond acceptors (Lipinski definition) is 4. The zero-order valence-electron chi connectivity index (χ0n) is 9.60. The van der Waals surface area contributed by atoms with Gasteiger partial charge in [0.15, 0.2) is 9.84 Å². The molecule has 0 bridgehead atoms. The fraction of sp³-hybridized carbons (Fsp3) is 0.417. The van der Waals surface area contributed by atoms with E-state index in [1.807, 2.05) is 0 Å². The number of nitrogens with zero attached hydrogens (tertiary/aromatic N) is 1. The molecular weight excluding hydrogens is 274 g/mol. The molecule has 18 heavy (non-hydrogen) atoms. The molecular formula is C12H12ClNO3S. The van der Waals surface area contributed by atoms with E-state index in [4.69, 9.17) is 16.3 Å². The summed E-state index contributed by atoms with van der Waals surface area (Å²) in [7, 11) is -2.93. The molecule has 0 radical (unpaired) electrons. The molecule has 1 aliphatic heterocycles. The second-order valence-corrected chi connectivity index (χ2v) is 6.48. The summed E-state index contributed by atoms with van der Waals surface area (Å²) in [5.74, 6) is 6.62. The summed E-state index contributed by atoms with van der Waals surface area (Å²) in [6.07, 6.45) is 3.40. The van der Waals surface area contributed by atoms with Gasteiger partial charge in [-0.05, 0) is 12.5 Å². The number of hydrogen-bond donors (Lipinski definition) is 0. The van der Waals surface area contributed by atoms with Gasteiger partial charge < -0.3 is 4.74 Å². The van der Waals surface area contributed by atoms with Crippen LogP contribution in [0.25, 0.3) is 0 Å². The Morgan fingerprint density at radius 3 is 3.00 bits per heavy atom. The Balaban J connectivity index is 2.06. The van der Waals surface area contributed by atoms with Crippen molar-refractivity contribution in [3.63, 3.8) is 0 Å². The van der Waals surface area contributed by atoms with E-state index < -0.39 is 9.84 Å². The van der Waals surface area contributed by atoms with Crippen LogP contribution in [0, 0.1) is 11.8 Å². The number of ether oxygens (including phenoxy) is 1. The maximum Gasteiger partial charge on any atom is 0.154 e. The Bertz CT molecular complexity index is 589. The molecule has 1 aliphatic rings. The lowest BCUT2D eigenvalue weighted by atomic mass is 10.2. The zero-order chi connectivity index (χ0) is 13.0. The van der Waals surface area contributed by atoms with Gasteiger partial charge in [-0.2, -0.15) is 0 Å². The molecule has 0 aliphatic carbocycles. The van der Waals surface area contributed by atoms with Gasteiger partial charge >= 0.3 is 0 Å².